The smallest absolute Gasteiger partial charge is 0.0677 e. The van der Waals surface area contributed by atoms with E-state index in [0.717, 1.165) is 31.3 Å². The maximum atomic E-state index is 10.6. The molecule has 0 aromatic rings. The van der Waals surface area contributed by atoms with Crippen molar-refractivity contribution < 1.29 is 15.3 Å². The van der Waals surface area contributed by atoms with Crippen LogP contribution < -0.4 is 0 Å². The summed E-state index contributed by atoms with van der Waals surface area (Å²) < 4.78 is 0. The number of hydrogen-bond donors (Lipinski definition) is 3. The highest BCUT2D eigenvalue weighted by Crippen LogP contribution is 2.54. The number of aliphatic hydroxyl groups excluding tert-OH is 3. The maximum absolute atomic E-state index is 10.6. The lowest BCUT2D eigenvalue weighted by atomic mass is 9.54. The zero-order valence-electron chi connectivity index (χ0n) is 11.1. The molecular weight excluding hydrogens is 228 g/mol. The summed E-state index contributed by atoms with van der Waals surface area (Å²) in [5, 5.41) is 30.0. The first-order valence-electron chi connectivity index (χ1n) is 6.74. The standard InChI is InChI=1S/C15H24O3/c1-9-4-5-12(17)15(3)7-6-11(10(2)8-16)14(18)13(9)15/h11-14,16-18H,1-2,4-8H2,3H3/t11-,12+,13?,14-,15-/m0/s1. The van der Waals surface area contributed by atoms with Crippen LogP contribution in [0.3, 0.4) is 0 Å². The van der Waals surface area contributed by atoms with E-state index in [1.807, 2.05) is 6.92 Å². The van der Waals surface area contributed by atoms with E-state index in [-0.39, 0.29) is 30.0 Å². The molecule has 0 saturated heterocycles. The lowest BCUT2D eigenvalue weighted by molar-refractivity contribution is -0.108. The normalized spacial score (nSPS) is 44.6. The molecule has 2 aliphatic rings. The highest BCUT2D eigenvalue weighted by atomic mass is 16.3. The molecule has 2 rings (SSSR count). The highest BCUT2D eigenvalue weighted by Gasteiger charge is 2.52. The van der Waals surface area contributed by atoms with Gasteiger partial charge in [0.05, 0.1) is 18.8 Å². The van der Waals surface area contributed by atoms with Crippen molar-refractivity contribution >= 4 is 0 Å². The predicted octanol–water partition coefficient (Wildman–Crippen LogP) is 1.64. The molecule has 3 heteroatoms. The van der Waals surface area contributed by atoms with Gasteiger partial charge in [0.2, 0.25) is 0 Å². The van der Waals surface area contributed by atoms with Crippen LogP contribution in [0.4, 0.5) is 0 Å². The summed E-state index contributed by atoms with van der Waals surface area (Å²) in [6, 6.07) is 0. The van der Waals surface area contributed by atoms with Crippen LogP contribution in [-0.2, 0) is 0 Å². The molecule has 3 N–H and O–H groups in total. The Morgan fingerprint density at radius 1 is 1.39 bits per heavy atom. The molecule has 0 amide bonds. The first kappa shape index (κ1) is 13.8. The van der Waals surface area contributed by atoms with Crippen molar-refractivity contribution in [2.45, 2.75) is 44.8 Å². The molecule has 0 bridgehead atoms. The van der Waals surface area contributed by atoms with Crippen LogP contribution in [0.5, 0.6) is 0 Å². The molecule has 0 aromatic carbocycles. The summed E-state index contributed by atoms with van der Waals surface area (Å²) in [7, 11) is 0. The monoisotopic (exact) mass is 252 g/mol. The fourth-order valence-corrected chi connectivity index (χ4v) is 3.87. The van der Waals surface area contributed by atoms with Gasteiger partial charge in [-0.3, -0.25) is 0 Å². The molecule has 2 aliphatic carbocycles. The van der Waals surface area contributed by atoms with Crippen molar-refractivity contribution in [3.8, 4) is 0 Å². The van der Waals surface area contributed by atoms with Crippen LogP contribution in [0.2, 0.25) is 0 Å². The van der Waals surface area contributed by atoms with Gasteiger partial charge in [-0.15, -0.1) is 0 Å². The molecule has 0 heterocycles. The van der Waals surface area contributed by atoms with E-state index in [1.165, 1.54) is 0 Å². The number of rotatable bonds is 2. The quantitative estimate of drug-likeness (QED) is 0.655. The molecule has 1 unspecified atom stereocenters. The van der Waals surface area contributed by atoms with E-state index in [9.17, 15) is 15.3 Å². The Labute approximate surface area is 109 Å². The Balaban J connectivity index is 2.29. The molecule has 0 radical (unpaired) electrons. The fraction of sp³-hybridized carbons (Fsp3) is 0.733. The molecular formula is C15H24O3. The largest absolute Gasteiger partial charge is 0.393 e. The summed E-state index contributed by atoms with van der Waals surface area (Å²) in [5.74, 6) is -0.154. The predicted molar refractivity (Wildman–Crippen MR) is 70.9 cm³/mol. The molecule has 0 aliphatic heterocycles. The molecule has 102 valence electrons. The Hall–Kier alpha value is -0.640. The fourth-order valence-electron chi connectivity index (χ4n) is 3.87. The van der Waals surface area contributed by atoms with Gasteiger partial charge >= 0.3 is 0 Å². The van der Waals surface area contributed by atoms with Gasteiger partial charge in [-0.2, -0.15) is 0 Å². The average molecular weight is 252 g/mol. The van der Waals surface area contributed by atoms with E-state index in [0.29, 0.717) is 5.57 Å². The zero-order valence-corrected chi connectivity index (χ0v) is 11.1. The summed E-state index contributed by atoms with van der Waals surface area (Å²) in [4.78, 5) is 0. The SMILES string of the molecule is C=C1CC[C@@H](O)[C@]2(C)CC[C@@H](C(=C)CO)[C@H](O)C12. The third kappa shape index (κ3) is 1.94. The highest BCUT2D eigenvalue weighted by molar-refractivity contribution is 5.21. The summed E-state index contributed by atoms with van der Waals surface area (Å²) in [6.07, 6.45) is 2.19. The van der Waals surface area contributed by atoms with Gasteiger partial charge in [0, 0.05) is 17.3 Å². The van der Waals surface area contributed by atoms with Crippen molar-refractivity contribution in [3.05, 3.63) is 24.3 Å². The van der Waals surface area contributed by atoms with Crippen molar-refractivity contribution in [3.63, 3.8) is 0 Å². The maximum Gasteiger partial charge on any atom is 0.0677 e. The van der Waals surface area contributed by atoms with E-state index in [1.54, 1.807) is 0 Å². The lowest BCUT2D eigenvalue weighted by Crippen LogP contribution is -2.54. The lowest BCUT2D eigenvalue weighted by Gasteiger charge is -2.53. The summed E-state index contributed by atoms with van der Waals surface area (Å²) in [5.41, 5.74) is 1.45. The van der Waals surface area contributed by atoms with Gasteiger partial charge in [-0.1, -0.05) is 25.7 Å². The Morgan fingerprint density at radius 2 is 2.06 bits per heavy atom. The van der Waals surface area contributed by atoms with E-state index >= 15 is 0 Å². The number of aliphatic hydroxyl groups is 3. The molecule has 0 aromatic heterocycles. The Kier molecular flexibility index (Phi) is 3.67. The van der Waals surface area contributed by atoms with Crippen LogP contribution >= 0.6 is 0 Å². The molecule has 0 spiro atoms. The summed E-state index contributed by atoms with van der Waals surface area (Å²) >= 11 is 0. The van der Waals surface area contributed by atoms with Crippen molar-refractivity contribution in [1.29, 1.82) is 0 Å². The molecule has 5 atom stereocenters. The van der Waals surface area contributed by atoms with E-state index in [2.05, 4.69) is 13.2 Å². The van der Waals surface area contributed by atoms with Crippen LogP contribution in [0.1, 0.15) is 32.6 Å². The van der Waals surface area contributed by atoms with Crippen LogP contribution in [-0.4, -0.2) is 34.1 Å². The minimum absolute atomic E-state index is 0.0740. The van der Waals surface area contributed by atoms with Gasteiger partial charge in [0.1, 0.15) is 0 Å². The number of fused-ring (bicyclic) bond motifs is 1. The second kappa shape index (κ2) is 4.80. The minimum atomic E-state index is -0.578. The third-order valence-electron chi connectivity index (χ3n) is 5.13. The first-order chi connectivity index (χ1) is 8.41. The molecule has 2 saturated carbocycles. The molecule has 3 nitrogen and oxygen atoms in total. The topological polar surface area (TPSA) is 60.7 Å². The van der Waals surface area contributed by atoms with Gasteiger partial charge in [-0.25, -0.2) is 0 Å². The minimum Gasteiger partial charge on any atom is -0.393 e. The van der Waals surface area contributed by atoms with E-state index < -0.39 is 6.10 Å². The van der Waals surface area contributed by atoms with Crippen molar-refractivity contribution in [2.75, 3.05) is 6.61 Å². The third-order valence-corrected chi connectivity index (χ3v) is 5.13. The van der Waals surface area contributed by atoms with Gasteiger partial charge < -0.3 is 15.3 Å². The van der Waals surface area contributed by atoms with Crippen molar-refractivity contribution in [2.24, 2.45) is 17.3 Å². The molecule has 2 fully saturated rings. The van der Waals surface area contributed by atoms with E-state index in [4.69, 9.17) is 0 Å². The Bertz CT molecular complexity index is 363. The first-order valence-corrected chi connectivity index (χ1v) is 6.74. The van der Waals surface area contributed by atoms with Crippen LogP contribution in [0.25, 0.3) is 0 Å². The zero-order chi connectivity index (χ0) is 13.5. The van der Waals surface area contributed by atoms with Crippen LogP contribution in [0, 0.1) is 17.3 Å². The van der Waals surface area contributed by atoms with Gasteiger partial charge in [-0.05, 0) is 31.3 Å². The summed E-state index contributed by atoms with van der Waals surface area (Å²) in [6.45, 7) is 9.90. The second-order valence-electron chi connectivity index (χ2n) is 6.15. The second-order valence-corrected chi connectivity index (χ2v) is 6.15. The Morgan fingerprint density at radius 3 is 2.67 bits per heavy atom. The molecule has 18 heavy (non-hydrogen) atoms. The van der Waals surface area contributed by atoms with Gasteiger partial charge in [0.25, 0.3) is 0 Å². The number of hydrogen-bond acceptors (Lipinski definition) is 3. The van der Waals surface area contributed by atoms with Crippen LogP contribution in [0.15, 0.2) is 24.3 Å². The van der Waals surface area contributed by atoms with Crippen molar-refractivity contribution in [1.82, 2.24) is 0 Å². The average Bonchev–Trinajstić information content (AvgIpc) is 2.33. The van der Waals surface area contributed by atoms with Gasteiger partial charge in [0.15, 0.2) is 0 Å².